The number of hydrogen-bond donors (Lipinski definition) is 1. The fourth-order valence-corrected chi connectivity index (χ4v) is 1.08. The van der Waals surface area contributed by atoms with Gasteiger partial charge < -0.3 is 10.5 Å². The normalized spacial score (nSPS) is 11.2. The van der Waals surface area contributed by atoms with Crippen LogP contribution in [0.4, 0.5) is 0 Å². The number of ether oxygens (including phenoxy) is 1. The summed E-state index contributed by atoms with van der Waals surface area (Å²) >= 11 is 0. The smallest absolute Gasteiger partial charge is 0.350 e. The number of nitrogens with two attached hydrogens (primary N) is 1. The average Bonchev–Trinajstić information content (AvgIpc) is 2.30. The van der Waals surface area contributed by atoms with E-state index in [2.05, 4.69) is 4.74 Å². The molecular weight excluding hydrogens is 192 g/mol. The summed E-state index contributed by atoms with van der Waals surface area (Å²) in [6.07, 6.45) is 0. The Labute approximate surface area is 87.6 Å². The van der Waals surface area contributed by atoms with Gasteiger partial charge in [-0.1, -0.05) is 30.3 Å². The van der Waals surface area contributed by atoms with E-state index in [1.54, 1.807) is 30.3 Å². The summed E-state index contributed by atoms with van der Waals surface area (Å²) < 4.78 is 4.45. The molecule has 0 aliphatic rings. The second-order valence-electron chi connectivity index (χ2n) is 2.76. The Hall–Kier alpha value is -2.28. The van der Waals surface area contributed by atoms with Crippen molar-refractivity contribution in [3.05, 3.63) is 41.5 Å². The van der Waals surface area contributed by atoms with Crippen LogP contribution in [0.3, 0.4) is 0 Å². The zero-order valence-corrected chi connectivity index (χ0v) is 8.23. The second-order valence-corrected chi connectivity index (χ2v) is 2.76. The molecule has 0 aromatic heterocycles. The molecule has 1 aromatic rings. The summed E-state index contributed by atoms with van der Waals surface area (Å²) in [7, 11) is 1.21. The van der Waals surface area contributed by atoms with Gasteiger partial charge in [-0.2, -0.15) is 5.26 Å². The average molecular weight is 202 g/mol. The molecule has 0 aliphatic heterocycles. The SMILES string of the molecule is COC(=O)/C(C#N)=C(\N)c1ccccc1. The van der Waals surface area contributed by atoms with Gasteiger partial charge in [0.1, 0.15) is 6.07 Å². The highest BCUT2D eigenvalue weighted by Gasteiger charge is 2.14. The van der Waals surface area contributed by atoms with Gasteiger partial charge in [-0.15, -0.1) is 0 Å². The lowest BCUT2D eigenvalue weighted by atomic mass is 10.1. The number of nitrogens with zero attached hydrogens (tertiary/aromatic N) is 1. The Morgan fingerprint density at radius 1 is 1.40 bits per heavy atom. The minimum absolute atomic E-state index is 0.130. The van der Waals surface area contributed by atoms with Crippen LogP contribution < -0.4 is 5.73 Å². The maximum atomic E-state index is 11.2. The number of carbonyl (C=O) groups is 1. The summed E-state index contributed by atoms with van der Waals surface area (Å²) in [4.78, 5) is 11.2. The van der Waals surface area contributed by atoms with E-state index < -0.39 is 5.97 Å². The van der Waals surface area contributed by atoms with Gasteiger partial charge in [0.15, 0.2) is 5.57 Å². The van der Waals surface area contributed by atoms with Gasteiger partial charge in [-0.25, -0.2) is 4.79 Å². The van der Waals surface area contributed by atoms with Crippen LogP contribution in [0.15, 0.2) is 35.9 Å². The van der Waals surface area contributed by atoms with Gasteiger partial charge in [0.05, 0.1) is 12.8 Å². The second kappa shape index (κ2) is 4.82. The first-order valence-electron chi connectivity index (χ1n) is 4.24. The summed E-state index contributed by atoms with van der Waals surface area (Å²) in [5, 5.41) is 8.77. The van der Waals surface area contributed by atoms with Gasteiger partial charge in [-0.3, -0.25) is 0 Å². The molecule has 0 unspecified atom stereocenters. The van der Waals surface area contributed by atoms with E-state index >= 15 is 0 Å². The van der Waals surface area contributed by atoms with Crippen molar-refractivity contribution < 1.29 is 9.53 Å². The molecule has 1 rings (SSSR count). The Kier molecular flexibility index (Phi) is 3.47. The number of benzene rings is 1. The third kappa shape index (κ3) is 2.35. The Morgan fingerprint density at radius 2 is 2.00 bits per heavy atom. The van der Waals surface area contributed by atoms with E-state index in [1.807, 2.05) is 6.07 Å². The van der Waals surface area contributed by atoms with E-state index in [-0.39, 0.29) is 11.3 Å². The predicted octanol–water partition coefficient (Wildman–Crippen LogP) is 1.05. The Morgan fingerprint density at radius 3 is 2.47 bits per heavy atom. The molecule has 0 aliphatic carbocycles. The van der Waals surface area contributed by atoms with Crippen molar-refractivity contribution in [1.82, 2.24) is 0 Å². The number of carbonyl (C=O) groups excluding carboxylic acids is 1. The first-order valence-corrected chi connectivity index (χ1v) is 4.24. The van der Waals surface area contributed by atoms with Crippen LogP contribution in [0.2, 0.25) is 0 Å². The van der Waals surface area contributed by atoms with E-state index in [9.17, 15) is 4.79 Å². The highest BCUT2D eigenvalue weighted by Crippen LogP contribution is 2.13. The van der Waals surface area contributed by atoms with Crippen LogP contribution in [-0.4, -0.2) is 13.1 Å². The van der Waals surface area contributed by atoms with Gasteiger partial charge >= 0.3 is 5.97 Å². The van der Waals surface area contributed by atoms with Gasteiger partial charge in [0, 0.05) is 0 Å². The molecule has 0 radical (unpaired) electrons. The third-order valence-corrected chi connectivity index (χ3v) is 1.86. The number of rotatable bonds is 2. The van der Waals surface area contributed by atoms with Crippen molar-refractivity contribution in [3.63, 3.8) is 0 Å². The van der Waals surface area contributed by atoms with Crippen molar-refractivity contribution in [1.29, 1.82) is 5.26 Å². The molecule has 0 spiro atoms. The molecule has 0 heterocycles. The molecule has 0 saturated heterocycles. The summed E-state index contributed by atoms with van der Waals surface area (Å²) in [5.74, 6) is -0.723. The molecule has 0 amide bonds. The summed E-state index contributed by atoms with van der Waals surface area (Å²) in [6, 6.07) is 10.5. The van der Waals surface area contributed by atoms with E-state index in [0.717, 1.165) is 0 Å². The van der Waals surface area contributed by atoms with Crippen molar-refractivity contribution >= 4 is 11.7 Å². The predicted molar refractivity (Wildman–Crippen MR) is 55.2 cm³/mol. The molecule has 76 valence electrons. The van der Waals surface area contributed by atoms with E-state index in [1.165, 1.54) is 7.11 Å². The number of methoxy groups -OCH3 is 1. The summed E-state index contributed by atoms with van der Waals surface area (Å²) in [6.45, 7) is 0. The largest absolute Gasteiger partial charge is 0.465 e. The molecular formula is C11H10N2O2. The Bertz CT molecular complexity index is 430. The van der Waals surface area contributed by atoms with E-state index in [4.69, 9.17) is 11.0 Å². The monoisotopic (exact) mass is 202 g/mol. The molecule has 2 N–H and O–H groups in total. The standard InChI is InChI=1S/C11H10N2O2/c1-15-11(14)9(7-12)10(13)8-5-3-2-4-6-8/h2-6H,13H2,1H3/b10-9-. The van der Waals surface area contributed by atoms with Crippen LogP contribution in [0.25, 0.3) is 5.70 Å². The first kappa shape index (κ1) is 10.8. The lowest BCUT2D eigenvalue weighted by Crippen LogP contribution is -2.10. The molecule has 0 atom stereocenters. The first-order chi connectivity index (χ1) is 7.20. The lowest BCUT2D eigenvalue weighted by Gasteiger charge is -2.03. The highest BCUT2D eigenvalue weighted by molar-refractivity contribution is 6.00. The number of esters is 1. The quantitative estimate of drug-likeness (QED) is 0.442. The number of hydrogen-bond acceptors (Lipinski definition) is 4. The maximum Gasteiger partial charge on any atom is 0.350 e. The van der Waals surface area contributed by atoms with Crippen molar-refractivity contribution in [3.8, 4) is 6.07 Å². The molecule has 0 fully saturated rings. The minimum atomic E-state index is -0.723. The third-order valence-electron chi connectivity index (χ3n) is 1.86. The lowest BCUT2D eigenvalue weighted by molar-refractivity contribution is -0.135. The Balaban J connectivity index is 3.20. The fraction of sp³-hybridized carbons (Fsp3) is 0.0909. The maximum absolute atomic E-state index is 11.2. The van der Waals surface area contributed by atoms with Crippen LogP contribution in [0.1, 0.15) is 5.56 Å². The summed E-state index contributed by atoms with van der Waals surface area (Å²) in [5.41, 5.74) is 6.26. The van der Waals surface area contributed by atoms with Crippen LogP contribution in [-0.2, 0) is 9.53 Å². The molecule has 1 aromatic carbocycles. The van der Waals surface area contributed by atoms with Crippen molar-refractivity contribution in [2.45, 2.75) is 0 Å². The molecule has 4 nitrogen and oxygen atoms in total. The van der Waals surface area contributed by atoms with E-state index in [0.29, 0.717) is 5.56 Å². The van der Waals surface area contributed by atoms with Crippen LogP contribution >= 0.6 is 0 Å². The molecule has 0 saturated carbocycles. The molecule has 0 bridgehead atoms. The van der Waals surface area contributed by atoms with Gasteiger partial charge in [-0.05, 0) is 5.56 Å². The zero-order valence-electron chi connectivity index (χ0n) is 8.23. The van der Waals surface area contributed by atoms with Crippen molar-refractivity contribution in [2.75, 3.05) is 7.11 Å². The molecule has 4 heteroatoms. The zero-order chi connectivity index (χ0) is 11.3. The highest BCUT2D eigenvalue weighted by atomic mass is 16.5. The van der Waals surface area contributed by atoms with Crippen molar-refractivity contribution in [2.24, 2.45) is 5.73 Å². The van der Waals surface area contributed by atoms with Gasteiger partial charge in [0.25, 0.3) is 0 Å². The minimum Gasteiger partial charge on any atom is -0.465 e. The van der Waals surface area contributed by atoms with Crippen LogP contribution in [0.5, 0.6) is 0 Å². The van der Waals surface area contributed by atoms with Crippen LogP contribution in [0, 0.1) is 11.3 Å². The molecule has 15 heavy (non-hydrogen) atoms. The number of nitriles is 1. The fourth-order valence-electron chi connectivity index (χ4n) is 1.08. The topological polar surface area (TPSA) is 76.1 Å². The van der Waals surface area contributed by atoms with Gasteiger partial charge in [0.2, 0.25) is 0 Å².